The van der Waals surface area contributed by atoms with Crippen LogP contribution in [0.15, 0.2) is 35.4 Å². The zero-order valence-electron chi connectivity index (χ0n) is 11.1. The fourth-order valence-corrected chi connectivity index (χ4v) is 2.21. The molecular weight excluding hydrogens is 276 g/mol. The first-order valence-corrected chi connectivity index (χ1v) is 6.36. The Balaban J connectivity index is 1.99. The lowest BCUT2D eigenvalue weighted by Crippen LogP contribution is -2.40. The molecule has 110 valence electrons. The Kier molecular flexibility index (Phi) is 4.63. The maximum atomic E-state index is 12.0. The van der Waals surface area contributed by atoms with Crippen molar-refractivity contribution in [2.75, 3.05) is 6.54 Å². The van der Waals surface area contributed by atoms with Crippen LogP contribution in [0.25, 0.3) is 10.4 Å². The van der Waals surface area contributed by atoms with E-state index in [1.54, 1.807) is 12.1 Å². The smallest absolute Gasteiger partial charge is 0.410 e. The fraction of sp³-hybridized carbons (Fsp3) is 0.385. The monoisotopic (exact) mass is 290 g/mol. The Labute approximate surface area is 120 Å². The van der Waals surface area contributed by atoms with Gasteiger partial charge in [0.2, 0.25) is 0 Å². The third-order valence-corrected chi connectivity index (χ3v) is 3.22. The Morgan fingerprint density at radius 2 is 2.14 bits per heavy atom. The average Bonchev–Trinajstić information content (AvgIpc) is 2.90. The van der Waals surface area contributed by atoms with Gasteiger partial charge in [-0.05, 0) is 17.5 Å². The van der Waals surface area contributed by atoms with Gasteiger partial charge in [-0.2, -0.15) is 0 Å². The van der Waals surface area contributed by atoms with E-state index in [1.807, 2.05) is 18.2 Å². The van der Waals surface area contributed by atoms with Crippen molar-refractivity contribution in [3.05, 3.63) is 46.3 Å². The zero-order chi connectivity index (χ0) is 15.2. The van der Waals surface area contributed by atoms with Crippen molar-refractivity contribution in [3.8, 4) is 0 Å². The largest absolute Gasteiger partial charge is 0.480 e. The molecule has 2 rings (SSSR count). The summed E-state index contributed by atoms with van der Waals surface area (Å²) in [5, 5.41) is 12.6. The average molecular weight is 290 g/mol. The highest BCUT2D eigenvalue weighted by Crippen LogP contribution is 2.22. The molecule has 8 nitrogen and oxygen atoms in total. The van der Waals surface area contributed by atoms with Gasteiger partial charge in [-0.15, -0.1) is 0 Å². The van der Waals surface area contributed by atoms with Gasteiger partial charge in [0, 0.05) is 11.5 Å². The number of rotatable bonds is 4. The van der Waals surface area contributed by atoms with Crippen LogP contribution in [-0.4, -0.2) is 40.7 Å². The Bertz CT molecular complexity index is 571. The number of nitrogens with zero attached hydrogens (tertiary/aromatic N) is 4. The van der Waals surface area contributed by atoms with Gasteiger partial charge >= 0.3 is 12.1 Å². The summed E-state index contributed by atoms with van der Waals surface area (Å²) in [5.74, 6) is -1.14. The van der Waals surface area contributed by atoms with Crippen molar-refractivity contribution in [2.24, 2.45) is 5.11 Å². The van der Waals surface area contributed by atoms with Crippen LogP contribution in [0, 0.1) is 0 Å². The van der Waals surface area contributed by atoms with E-state index in [0.717, 1.165) is 10.5 Å². The summed E-state index contributed by atoms with van der Waals surface area (Å²) in [6.45, 7) is 0.114. The summed E-state index contributed by atoms with van der Waals surface area (Å²) in [7, 11) is 0. The normalized spacial score (nSPS) is 20.7. The predicted molar refractivity (Wildman–Crippen MR) is 72.3 cm³/mol. The molecule has 0 radical (unpaired) electrons. The minimum atomic E-state index is -1.14. The molecule has 0 aromatic heterocycles. The van der Waals surface area contributed by atoms with E-state index >= 15 is 0 Å². The molecule has 2 atom stereocenters. The van der Waals surface area contributed by atoms with E-state index < -0.39 is 24.1 Å². The Hall–Kier alpha value is -2.73. The van der Waals surface area contributed by atoms with E-state index in [0.29, 0.717) is 0 Å². The molecule has 0 aliphatic carbocycles. The van der Waals surface area contributed by atoms with Crippen molar-refractivity contribution < 1.29 is 19.4 Å². The maximum Gasteiger partial charge on any atom is 0.410 e. The molecular formula is C13H14N4O4. The number of carboxylic acids is 1. The molecule has 1 fully saturated rings. The highest BCUT2D eigenvalue weighted by Gasteiger charge is 2.40. The molecule has 21 heavy (non-hydrogen) atoms. The number of ether oxygens (including phenoxy) is 1. The second-order valence-electron chi connectivity index (χ2n) is 4.64. The topological polar surface area (TPSA) is 116 Å². The van der Waals surface area contributed by atoms with Gasteiger partial charge in [0.15, 0.2) is 0 Å². The molecule has 0 unspecified atom stereocenters. The number of carbonyl (C=O) groups excluding carboxylic acids is 1. The number of hydrogen-bond donors (Lipinski definition) is 1. The third kappa shape index (κ3) is 3.64. The zero-order valence-corrected chi connectivity index (χ0v) is 11.1. The molecule has 0 saturated carbocycles. The van der Waals surface area contributed by atoms with Crippen LogP contribution in [-0.2, 0) is 16.1 Å². The van der Waals surface area contributed by atoms with Gasteiger partial charge in [0.1, 0.15) is 12.6 Å². The molecule has 0 spiro atoms. The third-order valence-electron chi connectivity index (χ3n) is 3.22. The number of likely N-dealkylation sites (tertiary alicyclic amines) is 1. The first-order chi connectivity index (χ1) is 10.1. The van der Waals surface area contributed by atoms with Gasteiger partial charge in [-0.1, -0.05) is 35.4 Å². The van der Waals surface area contributed by atoms with Crippen molar-refractivity contribution in [3.63, 3.8) is 0 Å². The number of hydrogen-bond acceptors (Lipinski definition) is 4. The number of azide groups is 1. The summed E-state index contributed by atoms with van der Waals surface area (Å²) in [5.41, 5.74) is 9.21. The molecule has 1 heterocycles. The highest BCUT2D eigenvalue weighted by atomic mass is 16.6. The van der Waals surface area contributed by atoms with Crippen LogP contribution in [0.2, 0.25) is 0 Å². The maximum absolute atomic E-state index is 12.0. The van der Waals surface area contributed by atoms with Crippen molar-refractivity contribution in [2.45, 2.75) is 25.1 Å². The SMILES string of the molecule is [N-]=[N+]=N[C@H]1C[C@H](C(=O)O)N(C(=O)OCc2ccccc2)C1. The second-order valence-corrected chi connectivity index (χ2v) is 4.64. The predicted octanol–water partition coefficient (Wildman–Crippen LogP) is 2.16. The minimum absolute atomic E-state index is 0.0502. The van der Waals surface area contributed by atoms with Gasteiger partial charge in [0.05, 0.1) is 6.04 Å². The van der Waals surface area contributed by atoms with Crippen molar-refractivity contribution in [1.29, 1.82) is 0 Å². The van der Waals surface area contributed by atoms with E-state index in [2.05, 4.69) is 10.0 Å². The number of carbonyl (C=O) groups is 2. The molecule has 1 aromatic rings. The van der Waals surface area contributed by atoms with Crippen LogP contribution in [0.1, 0.15) is 12.0 Å². The summed E-state index contributed by atoms with van der Waals surface area (Å²) in [6, 6.07) is 7.51. The molecule has 1 aliphatic rings. The van der Waals surface area contributed by atoms with Crippen LogP contribution in [0.4, 0.5) is 4.79 Å². The van der Waals surface area contributed by atoms with Gasteiger partial charge in [0.25, 0.3) is 0 Å². The van der Waals surface area contributed by atoms with E-state index in [-0.39, 0.29) is 19.6 Å². The first-order valence-electron chi connectivity index (χ1n) is 6.36. The van der Waals surface area contributed by atoms with Crippen LogP contribution in [0.3, 0.4) is 0 Å². The number of aliphatic carboxylic acids is 1. The lowest BCUT2D eigenvalue weighted by Gasteiger charge is -2.20. The minimum Gasteiger partial charge on any atom is -0.480 e. The lowest BCUT2D eigenvalue weighted by molar-refractivity contribution is -0.141. The molecule has 0 bridgehead atoms. The quantitative estimate of drug-likeness (QED) is 0.519. The van der Waals surface area contributed by atoms with Crippen LogP contribution >= 0.6 is 0 Å². The van der Waals surface area contributed by atoms with Gasteiger partial charge in [-0.25, -0.2) is 9.59 Å². The summed E-state index contributed by atoms with van der Waals surface area (Å²) in [4.78, 5) is 26.9. The number of amides is 1. The van der Waals surface area contributed by atoms with Crippen molar-refractivity contribution >= 4 is 12.1 Å². The molecule has 8 heteroatoms. The Morgan fingerprint density at radius 1 is 1.43 bits per heavy atom. The van der Waals surface area contributed by atoms with Crippen molar-refractivity contribution in [1.82, 2.24) is 4.90 Å². The van der Waals surface area contributed by atoms with E-state index in [9.17, 15) is 9.59 Å². The molecule has 1 N–H and O–H groups in total. The fourth-order valence-electron chi connectivity index (χ4n) is 2.21. The molecule has 1 amide bonds. The van der Waals surface area contributed by atoms with Crippen LogP contribution in [0.5, 0.6) is 0 Å². The molecule has 1 aromatic carbocycles. The molecule has 1 aliphatic heterocycles. The Morgan fingerprint density at radius 3 is 2.76 bits per heavy atom. The second kappa shape index (κ2) is 6.62. The van der Waals surface area contributed by atoms with Crippen LogP contribution < -0.4 is 0 Å². The first kappa shape index (κ1) is 14.7. The van der Waals surface area contributed by atoms with E-state index in [1.165, 1.54) is 0 Å². The number of carboxylic acid groups (broad SMARTS) is 1. The van der Waals surface area contributed by atoms with E-state index in [4.69, 9.17) is 15.4 Å². The standard InChI is InChI=1S/C13H14N4O4/c14-16-15-10-6-11(12(18)19)17(7-10)13(20)21-8-9-4-2-1-3-5-9/h1-5,10-11H,6-8H2,(H,18,19)/t10-,11+/m0/s1. The highest BCUT2D eigenvalue weighted by molar-refractivity contribution is 5.81. The molecule has 1 saturated heterocycles. The lowest BCUT2D eigenvalue weighted by atomic mass is 10.2. The van der Waals surface area contributed by atoms with Gasteiger partial charge in [-0.3, -0.25) is 4.90 Å². The summed E-state index contributed by atoms with van der Waals surface area (Å²) < 4.78 is 5.11. The number of benzene rings is 1. The summed E-state index contributed by atoms with van der Waals surface area (Å²) >= 11 is 0. The summed E-state index contributed by atoms with van der Waals surface area (Å²) in [6.07, 6.45) is -0.623. The van der Waals surface area contributed by atoms with Gasteiger partial charge < -0.3 is 9.84 Å².